The second-order valence-corrected chi connectivity index (χ2v) is 5.79. The van der Waals surface area contributed by atoms with E-state index in [0.29, 0.717) is 12.0 Å². The number of nitrogens with zero attached hydrogens (tertiary/aromatic N) is 3. The van der Waals surface area contributed by atoms with Crippen molar-refractivity contribution in [3.8, 4) is 0 Å². The SMILES string of the molecule is COC1CN(C(c2cnn(C)c2)C(C)N)CCC1C. The van der Waals surface area contributed by atoms with Crippen LogP contribution >= 0.6 is 0 Å². The van der Waals surface area contributed by atoms with E-state index in [0.717, 1.165) is 19.5 Å². The van der Waals surface area contributed by atoms with Gasteiger partial charge in [0, 0.05) is 38.5 Å². The summed E-state index contributed by atoms with van der Waals surface area (Å²) in [5.74, 6) is 0.615. The Kier molecular flexibility index (Phi) is 4.60. The van der Waals surface area contributed by atoms with E-state index in [4.69, 9.17) is 10.5 Å². The van der Waals surface area contributed by atoms with Crippen molar-refractivity contribution in [3.63, 3.8) is 0 Å². The molecular formula is C14H26N4O. The average molecular weight is 266 g/mol. The normalized spacial score (nSPS) is 28.3. The van der Waals surface area contributed by atoms with Gasteiger partial charge < -0.3 is 10.5 Å². The van der Waals surface area contributed by atoms with E-state index in [-0.39, 0.29) is 12.1 Å². The molecule has 2 N–H and O–H groups in total. The Morgan fingerprint density at radius 1 is 1.53 bits per heavy atom. The van der Waals surface area contributed by atoms with Gasteiger partial charge >= 0.3 is 0 Å². The zero-order valence-corrected chi connectivity index (χ0v) is 12.4. The molecule has 1 aliphatic heterocycles. The van der Waals surface area contributed by atoms with E-state index in [9.17, 15) is 0 Å². The van der Waals surface area contributed by atoms with E-state index < -0.39 is 0 Å². The second-order valence-electron chi connectivity index (χ2n) is 5.79. The van der Waals surface area contributed by atoms with Crippen LogP contribution in [0.25, 0.3) is 0 Å². The number of likely N-dealkylation sites (tertiary alicyclic amines) is 1. The Hall–Kier alpha value is -0.910. The molecule has 0 aliphatic carbocycles. The van der Waals surface area contributed by atoms with Gasteiger partial charge in [-0.2, -0.15) is 5.10 Å². The number of aromatic nitrogens is 2. The molecule has 1 aromatic rings. The molecule has 19 heavy (non-hydrogen) atoms. The minimum Gasteiger partial charge on any atom is -0.380 e. The summed E-state index contributed by atoms with van der Waals surface area (Å²) in [6, 6.07) is 0.300. The number of ether oxygens (including phenoxy) is 1. The van der Waals surface area contributed by atoms with Crippen molar-refractivity contribution < 1.29 is 4.74 Å². The van der Waals surface area contributed by atoms with Crippen molar-refractivity contribution in [2.75, 3.05) is 20.2 Å². The summed E-state index contributed by atoms with van der Waals surface area (Å²) in [7, 11) is 3.74. The van der Waals surface area contributed by atoms with Gasteiger partial charge in [0.2, 0.25) is 0 Å². The van der Waals surface area contributed by atoms with Crippen LogP contribution in [0.3, 0.4) is 0 Å². The summed E-state index contributed by atoms with van der Waals surface area (Å²) in [6.45, 7) is 6.34. The lowest BCUT2D eigenvalue weighted by Crippen LogP contribution is -2.49. The summed E-state index contributed by atoms with van der Waals surface area (Å²) in [5.41, 5.74) is 7.41. The fourth-order valence-electron chi connectivity index (χ4n) is 3.06. The predicted molar refractivity (Wildman–Crippen MR) is 75.7 cm³/mol. The highest BCUT2D eigenvalue weighted by atomic mass is 16.5. The van der Waals surface area contributed by atoms with Gasteiger partial charge in [0.1, 0.15) is 0 Å². The Balaban J connectivity index is 2.16. The number of rotatable bonds is 4. The zero-order chi connectivity index (χ0) is 14.0. The van der Waals surface area contributed by atoms with Crippen LogP contribution in [0.2, 0.25) is 0 Å². The van der Waals surface area contributed by atoms with E-state index in [1.165, 1.54) is 5.56 Å². The number of methoxy groups -OCH3 is 1. The molecule has 0 amide bonds. The Morgan fingerprint density at radius 2 is 2.26 bits per heavy atom. The molecule has 2 heterocycles. The first-order valence-corrected chi connectivity index (χ1v) is 7.04. The lowest BCUT2D eigenvalue weighted by molar-refractivity contribution is -0.0224. The number of nitrogens with two attached hydrogens (primary N) is 1. The van der Waals surface area contributed by atoms with E-state index in [1.807, 2.05) is 17.9 Å². The van der Waals surface area contributed by atoms with Gasteiger partial charge in [0.05, 0.1) is 18.3 Å². The summed E-state index contributed by atoms with van der Waals surface area (Å²) >= 11 is 0. The monoisotopic (exact) mass is 266 g/mol. The quantitative estimate of drug-likeness (QED) is 0.888. The van der Waals surface area contributed by atoms with Crippen molar-refractivity contribution in [2.24, 2.45) is 18.7 Å². The Bertz CT molecular complexity index is 404. The first kappa shape index (κ1) is 14.5. The number of hydrogen-bond donors (Lipinski definition) is 1. The van der Waals surface area contributed by atoms with Gasteiger partial charge in [-0.1, -0.05) is 6.92 Å². The third-order valence-electron chi connectivity index (χ3n) is 4.18. The van der Waals surface area contributed by atoms with Crippen LogP contribution in [0.1, 0.15) is 31.9 Å². The summed E-state index contributed by atoms with van der Waals surface area (Å²) in [5, 5.41) is 4.27. The molecule has 2 rings (SSSR count). The molecule has 4 atom stereocenters. The third-order valence-corrected chi connectivity index (χ3v) is 4.18. The number of hydrogen-bond acceptors (Lipinski definition) is 4. The molecule has 108 valence electrons. The predicted octanol–water partition coefficient (Wildman–Crippen LogP) is 1.17. The molecule has 0 saturated carbocycles. The maximum absolute atomic E-state index is 6.21. The van der Waals surface area contributed by atoms with E-state index in [1.54, 1.807) is 7.11 Å². The van der Waals surface area contributed by atoms with E-state index >= 15 is 0 Å². The van der Waals surface area contributed by atoms with Gasteiger partial charge in [-0.25, -0.2) is 0 Å². The van der Waals surface area contributed by atoms with Crippen LogP contribution in [0.15, 0.2) is 12.4 Å². The lowest BCUT2D eigenvalue weighted by Gasteiger charge is -2.41. The molecule has 0 aromatic carbocycles. The number of piperidine rings is 1. The van der Waals surface area contributed by atoms with Crippen molar-refractivity contribution in [1.82, 2.24) is 14.7 Å². The second kappa shape index (κ2) is 6.03. The largest absolute Gasteiger partial charge is 0.380 e. The molecule has 1 aliphatic rings. The maximum atomic E-state index is 6.21. The number of aryl methyl sites for hydroxylation is 1. The molecule has 0 bridgehead atoms. The Morgan fingerprint density at radius 3 is 2.79 bits per heavy atom. The molecule has 1 fully saturated rings. The zero-order valence-electron chi connectivity index (χ0n) is 12.4. The molecule has 0 spiro atoms. The van der Waals surface area contributed by atoms with Crippen LogP contribution in [-0.4, -0.2) is 47.0 Å². The van der Waals surface area contributed by atoms with Crippen molar-refractivity contribution in [3.05, 3.63) is 18.0 Å². The summed E-state index contributed by atoms with van der Waals surface area (Å²) in [4.78, 5) is 2.44. The minimum atomic E-state index is 0.0788. The molecule has 1 saturated heterocycles. The van der Waals surface area contributed by atoms with Crippen LogP contribution in [0, 0.1) is 5.92 Å². The Labute approximate surface area is 115 Å². The molecule has 0 radical (unpaired) electrons. The topological polar surface area (TPSA) is 56.3 Å². The van der Waals surface area contributed by atoms with Crippen LogP contribution in [0.5, 0.6) is 0 Å². The highest BCUT2D eigenvalue weighted by molar-refractivity contribution is 5.13. The summed E-state index contributed by atoms with van der Waals surface area (Å²) < 4.78 is 7.44. The van der Waals surface area contributed by atoms with Crippen molar-refractivity contribution in [1.29, 1.82) is 0 Å². The average Bonchev–Trinajstić information content (AvgIpc) is 2.77. The standard InChI is InChI=1S/C14H26N4O/c1-10-5-6-18(9-13(10)19-4)14(11(2)15)12-7-16-17(3)8-12/h7-8,10-11,13-14H,5-6,9,15H2,1-4H3. The molecule has 5 heteroatoms. The molecule has 4 unspecified atom stereocenters. The molecular weight excluding hydrogens is 240 g/mol. The summed E-state index contributed by atoms with van der Waals surface area (Å²) in [6.07, 6.45) is 5.44. The van der Waals surface area contributed by atoms with E-state index in [2.05, 4.69) is 30.0 Å². The third kappa shape index (κ3) is 3.16. The van der Waals surface area contributed by atoms with Gasteiger partial charge in [-0.3, -0.25) is 9.58 Å². The van der Waals surface area contributed by atoms with Gasteiger partial charge in [-0.15, -0.1) is 0 Å². The lowest BCUT2D eigenvalue weighted by atomic mass is 9.92. The highest BCUT2D eigenvalue weighted by Gasteiger charge is 2.33. The van der Waals surface area contributed by atoms with Crippen LogP contribution in [-0.2, 0) is 11.8 Å². The maximum Gasteiger partial charge on any atom is 0.0724 e. The molecule has 1 aromatic heterocycles. The van der Waals surface area contributed by atoms with Crippen molar-refractivity contribution in [2.45, 2.75) is 38.5 Å². The first-order chi connectivity index (χ1) is 9.02. The fourth-order valence-corrected chi connectivity index (χ4v) is 3.06. The molecule has 5 nitrogen and oxygen atoms in total. The van der Waals surface area contributed by atoms with Gasteiger partial charge in [-0.05, 0) is 25.8 Å². The van der Waals surface area contributed by atoms with Gasteiger partial charge in [0.15, 0.2) is 0 Å². The van der Waals surface area contributed by atoms with Crippen molar-refractivity contribution >= 4 is 0 Å². The fraction of sp³-hybridized carbons (Fsp3) is 0.786. The van der Waals surface area contributed by atoms with Crippen LogP contribution < -0.4 is 5.73 Å². The highest BCUT2D eigenvalue weighted by Crippen LogP contribution is 2.29. The minimum absolute atomic E-state index is 0.0788. The smallest absolute Gasteiger partial charge is 0.0724 e. The van der Waals surface area contributed by atoms with Gasteiger partial charge in [0.25, 0.3) is 0 Å². The van der Waals surface area contributed by atoms with Crippen LogP contribution in [0.4, 0.5) is 0 Å². The first-order valence-electron chi connectivity index (χ1n) is 7.04.